The highest BCUT2D eigenvalue weighted by atomic mass is 16.6. The Labute approximate surface area is 82.4 Å². The highest BCUT2D eigenvalue weighted by Gasteiger charge is 2.29. The van der Waals surface area contributed by atoms with E-state index in [-0.39, 0.29) is 13.0 Å². The SMILES string of the molecule is CCOC(=O)[C@@H](OC(C)=O)C(=O)CC. The molecule has 0 aliphatic rings. The molecule has 0 spiro atoms. The van der Waals surface area contributed by atoms with Crippen LogP contribution >= 0.6 is 0 Å². The summed E-state index contributed by atoms with van der Waals surface area (Å²) < 4.78 is 9.15. The Hall–Kier alpha value is -1.39. The molecular weight excluding hydrogens is 188 g/mol. The lowest BCUT2D eigenvalue weighted by molar-refractivity contribution is -0.169. The van der Waals surface area contributed by atoms with E-state index in [9.17, 15) is 14.4 Å². The average molecular weight is 202 g/mol. The molecule has 1 atom stereocenters. The van der Waals surface area contributed by atoms with Crippen LogP contribution in [0, 0.1) is 0 Å². The maximum atomic E-state index is 11.2. The third kappa shape index (κ3) is 4.02. The van der Waals surface area contributed by atoms with E-state index in [1.54, 1.807) is 13.8 Å². The monoisotopic (exact) mass is 202 g/mol. The molecule has 80 valence electrons. The van der Waals surface area contributed by atoms with Crippen molar-refractivity contribution in [2.75, 3.05) is 6.61 Å². The largest absolute Gasteiger partial charge is 0.463 e. The minimum Gasteiger partial charge on any atom is -0.463 e. The van der Waals surface area contributed by atoms with E-state index >= 15 is 0 Å². The van der Waals surface area contributed by atoms with Crippen LogP contribution in [0.3, 0.4) is 0 Å². The third-order valence-corrected chi connectivity index (χ3v) is 1.43. The molecule has 5 nitrogen and oxygen atoms in total. The number of hydrogen-bond donors (Lipinski definition) is 0. The fraction of sp³-hybridized carbons (Fsp3) is 0.667. The second-order valence-corrected chi connectivity index (χ2v) is 2.56. The first-order valence-corrected chi connectivity index (χ1v) is 4.39. The Bertz CT molecular complexity index is 233. The molecule has 0 aliphatic heterocycles. The van der Waals surface area contributed by atoms with Gasteiger partial charge in [-0.2, -0.15) is 0 Å². The van der Waals surface area contributed by atoms with Crippen LogP contribution in [-0.2, 0) is 23.9 Å². The van der Waals surface area contributed by atoms with Gasteiger partial charge < -0.3 is 9.47 Å². The van der Waals surface area contributed by atoms with E-state index in [1.165, 1.54) is 0 Å². The molecule has 0 saturated heterocycles. The van der Waals surface area contributed by atoms with Crippen molar-refractivity contribution in [1.29, 1.82) is 0 Å². The molecule has 14 heavy (non-hydrogen) atoms. The maximum absolute atomic E-state index is 11.2. The molecule has 0 unspecified atom stereocenters. The summed E-state index contributed by atoms with van der Waals surface area (Å²) in [5.74, 6) is -1.95. The second kappa shape index (κ2) is 6.12. The van der Waals surface area contributed by atoms with Gasteiger partial charge in [0.25, 0.3) is 6.10 Å². The van der Waals surface area contributed by atoms with Crippen molar-refractivity contribution < 1.29 is 23.9 Å². The lowest BCUT2D eigenvalue weighted by atomic mass is 10.2. The summed E-state index contributed by atoms with van der Waals surface area (Å²) in [7, 11) is 0. The van der Waals surface area contributed by atoms with Gasteiger partial charge in [-0.05, 0) is 6.92 Å². The molecule has 0 aromatic carbocycles. The Morgan fingerprint density at radius 2 is 1.79 bits per heavy atom. The Balaban J connectivity index is 4.45. The Morgan fingerprint density at radius 3 is 2.14 bits per heavy atom. The summed E-state index contributed by atoms with van der Waals surface area (Å²) in [6, 6.07) is 0. The van der Waals surface area contributed by atoms with Crippen molar-refractivity contribution in [3.63, 3.8) is 0 Å². The van der Waals surface area contributed by atoms with E-state index in [2.05, 4.69) is 9.47 Å². The van der Waals surface area contributed by atoms with Crippen LogP contribution in [-0.4, -0.2) is 30.4 Å². The van der Waals surface area contributed by atoms with Gasteiger partial charge in [0.2, 0.25) is 0 Å². The molecule has 0 saturated carbocycles. The number of ketones is 1. The van der Waals surface area contributed by atoms with Gasteiger partial charge in [-0.1, -0.05) is 6.92 Å². The molecule has 0 amide bonds. The molecule has 0 bridgehead atoms. The summed E-state index contributed by atoms with van der Waals surface area (Å²) in [6.45, 7) is 4.47. The van der Waals surface area contributed by atoms with Crippen LogP contribution < -0.4 is 0 Å². The molecule has 0 rings (SSSR count). The minimum absolute atomic E-state index is 0.122. The molecule has 0 aliphatic carbocycles. The molecule has 5 heteroatoms. The van der Waals surface area contributed by atoms with Crippen molar-refractivity contribution in [2.45, 2.75) is 33.3 Å². The van der Waals surface area contributed by atoms with Gasteiger partial charge in [0.05, 0.1) is 6.61 Å². The van der Waals surface area contributed by atoms with Gasteiger partial charge in [-0.15, -0.1) is 0 Å². The molecule has 0 N–H and O–H groups in total. The van der Waals surface area contributed by atoms with Gasteiger partial charge in [0.15, 0.2) is 5.78 Å². The first kappa shape index (κ1) is 12.6. The number of Topliss-reactive ketones (excluding diaryl/α,β-unsaturated/α-hetero) is 1. The molecule has 0 aromatic rings. The lowest BCUT2D eigenvalue weighted by Gasteiger charge is -2.13. The predicted octanol–water partition coefficient (Wildman–Crippen LogP) is 0.460. The number of hydrogen-bond acceptors (Lipinski definition) is 5. The number of esters is 2. The van der Waals surface area contributed by atoms with Crippen molar-refractivity contribution >= 4 is 17.7 Å². The van der Waals surface area contributed by atoms with E-state index in [4.69, 9.17) is 0 Å². The predicted molar refractivity (Wildman–Crippen MR) is 47.5 cm³/mol. The van der Waals surface area contributed by atoms with Crippen LogP contribution in [0.15, 0.2) is 0 Å². The first-order valence-electron chi connectivity index (χ1n) is 4.39. The lowest BCUT2D eigenvalue weighted by Crippen LogP contribution is -2.35. The van der Waals surface area contributed by atoms with Crippen LogP contribution in [0.2, 0.25) is 0 Å². The summed E-state index contributed by atoms with van der Waals surface area (Å²) in [4.78, 5) is 32.9. The van der Waals surface area contributed by atoms with Crippen LogP contribution in [0.4, 0.5) is 0 Å². The van der Waals surface area contributed by atoms with Gasteiger partial charge in [0, 0.05) is 13.3 Å². The van der Waals surface area contributed by atoms with E-state index < -0.39 is 23.8 Å². The average Bonchev–Trinajstić information content (AvgIpc) is 2.13. The van der Waals surface area contributed by atoms with Crippen molar-refractivity contribution in [1.82, 2.24) is 0 Å². The standard InChI is InChI=1S/C9H14O5/c1-4-7(11)8(14-6(3)10)9(12)13-5-2/h8H,4-5H2,1-3H3/t8-/m0/s1. The Morgan fingerprint density at radius 1 is 1.21 bits per heavy atom. The highest BCUT2D eigenvalue weighted by Crippen LogP contribution is 2.01. The molecular formula is C9H14O5. The number of ether oxygens (including phenoxy) is 2. The summed E-state index contributed by atoms with van der Waals surface area (Å²) in [5.41, 5.74) is 0. The number of carbonyl (C=O) groups excluding carboxylic acids is 3. The van der Waals surface area contributed by atoms with E-state index in [0.29, 0.717) is 0 Å². The quantitative estimate of drug-likeness (QED) is 0.478. The van der Waals surface area contributed by atoms with E-state index in [1.807, 2.05) is 0 Å². The van der Waals surface area contributed by atoms with Gasteiger partial charge >= 0.3 is 11.9 Å². The normalized spacial score (nSPS) is 11.6. The van der Waals surface area contributed by atoms with Crippen LogP contribution in [0.25, 0.3) is 0 Å². The van der Waals surface area contributed by atoms with Crippen molar-refractivity contribution in [3.05, 3.63) is 0 Å². The summed E-state index contributed by atoms with van der Waals surface area (Å²) in [6.07, 6.45) is -1.28. The third-order valence-electron chi connectivity index (χ3n) is 1.43. The molecule has 0 fully saturated rings. The number of carbonyl (C=O) groups is 3. The summed E-state index contributed by atoms with van der Waals surface area (Å²) in [5, 5.41) is 0. The van der Waals surface area contributed by atoms with Gasteiger partial charge in [-0.25, -0.2) is 4.79 Å². The fourth-order valence-electron chi connectivity index (χ4n) is 0.815. The molecule has 0 radical (unpaired) electrons. The Kier molecular flexibility index (Phi) is 5.52. The zero-order valence-corrected chi connectivity index (χ0v) is 8.53. The zero-order chi connectivity index (χ0) is 11.1. The van der Waals surface area contributed by atoms with Crippen molar-refractivity contribution in [3.8, 4) is 0 Å². The van der Waals surface area contributed by atoms with Crippen molar-refractivity contribution in [2.24, 2.45) is 0 Å². The topological polar surface area (TPSA) is 69.7 Å². The molecule has 0 heterocycles. The van der Waals surface area contributed by atoms with Gasteiger partial charge in [0.1, 0.15) is 0 Å². The van der Waals surface area contributed by atoms with Crippen LogP contribution in [0.1, 0.15) is 27.2 Å². The van der Waals surface area contributed by atoms with Crippen LogP contribution in [0.5, 0.6) is 0 Å². The van der Waals surface area contributed by atoms with Gasteiger partial charge in [-0.3, -0.25) is 9.59 Å². The second-order valence-electron chi connectivity index (χ2n) is 2.56. The molecule has 0 aromatic heterocycles. The maximum Gasteiger partial charge on any atom is 0.355 e. The minimum atomic E-state index is -1.41. The number of rotatable bonds is 5. The fourth-order valence-corrected chi connectivity index (χ4v) is 0.815. The zero-order valence-electron chi connectivity index (χ0n) is 8.53. The first-order chi connectivity index (χ1) is 6.52. The van der Waals surface area contributed by atoms with E-state index in [0.717, 1.165) is 6.92 Å². The summed E-state index contributed by atoms with van der Waals surface area (Å²) >= 11 is 0. The smallest absolute Gasteiger partial charge is 0.355 e. The highest BCUT2D eigenvalue weighted by molar-refractivity contribution is 6.03.